The van der Waals surface area contributed by atoms with Crippen molar-refractivity contribution >= 4 is 11.3 Å². The monoisotopic (exact) mass is 293 g/mol. The van der Waals surface area contributed by atoms with Crippen LogP contribution in [0.1, 0.15) is 23.7 Å². The lowest BCUT2D eigenvalue weighted by atomic mass is 10.0. The standard InChI is InChI=1S/C16H20FNOS/c1-11(2)9-15-16(18-12(3)20-15)13-5-4-6-14(10-13)19-8-7-17/h4-6,10-11H,7-9H2,1-3H3. The van der Waals surface area contributed by atoms with Crippen molar-refractivity contribution in [2.75, 3.05) is 13.3 Å². The number of benzene rings is 1. The van der Waals surface area contributed by atoms with Gasteiger partial charge in [0.1, 0.15) is 19.0 Å². The van der Waals surface area contributed by atoms with Crippen molar-refractivity contribution in [1.82, 2.24) is 4.98 Å². The van der Waals surface area contributed by atoms with Gasteiger partial charge in [0.25, 0.3) is 0 Å². The van der Waals surface area contributed by atoms with Crippen LogP contribution >= 0.6 is 11.3 Å². The van der Waals surface area contributed by atoms with Gasteiger partial charge in [-0.1, -0.05) is 26.0 Å². The summed E-state index contributed by atoms with van der Waals surface area (Å²) in [6, 6.07) is 7.74. The highest BCUT2D eigenvalue weighted by molar-refractivity contribution is 7.12. The molecule has 0 unspecified atom stereocenters. The first-order valence-electron chi connectivity index (χ1n) is 6.85. The molecule has 0 aliphatic heterocycles. The summed E-state index contributed by atoms with van der Waals surface area (Å²) in [5, 5.41) is 1.07. The van der Waals surface area contributed by atoms with E-state index in [4.69, 9.17) is 4.74 Å². The lowest BCUT2D eigenvalue weighted by Gasteiger charge is -2.08. The van der Waals surface area contributed by atoms with Crippen LogP contribution in [-0.2, 0) is 6.42 Å². The van der Waals surface area contributed by atoms with E-state index in [-0.39, 0.29) is 6.61 Å². The molecule has 0 radical (unpaired) electrons. The summed E-state index contributed by atoms with van der Waals surface area (Å²) in [5.74, 6) is 1.29. The summed E-state index contributed by atoms with van der Waals surface area (Å²) in [5.41, 5.74) is 2.08. The minimum Gasteiger partial charge on any atom is -0.491 e. The Bertz CT molecular complexity index is 565. The van der Waals surface area contributed by atoms with Crippen LogP contribution in [0.15, 0.2) is 24.3 Å². The molecule has 0 atom stereocenters. The van der Waals surface area contributed by atoms with Crippen LogP contribution < -0.4 is 4.74 Å². The molecule has 0 amide bonds. The molecular formula is C16H20FNOS. The Balaban J connectivity index is 2.30. The van der Waals surface area contributed by atoms with E-state index in [1.165, 1.54) is 4.88 Å². The zero-order chi connectivity index (χ0) is 14.5. The lowest BCUT2D eigenvalue weighted by molar-refractivity contribution is 0.273. The molecular weight excluding hydrogens is 273 g/mol. The maximum atomic E-state index is 12.2. The van der Waals surface area contributed by atoms with Gasteiger partial charge in [0.15, 0.2) is 0 Å². The first kappa shape index (κ1) is 15.0. The van der Waals surface area contributed by atoms with Crippen molar-refractivity contribution in [3.8, 4) is 17.0 Å². The maximum Gasteiger partial charge on any atom is 0.123 e. The number of hydrogen-bond donors (Lipinski definition) is 0. The zero-order valence-corrected chi connectivity index (χ0v) is 13.0. The molecule has 0 fully saturated rings. The van der Waals surface area contributed by atoms with Gasteiger partial charge in [-0.25, -0.2) is 9.37 Å². The molecule has 0 N–H and O–H groups in total. The van der Waals surface area contributed by atoms with Gasteiger partial charge in [0, 0.05) is 10.4 Å². The highest BCUT2D eigenvalue weighted by Gasteiger charge is 2.13. The molecule has 0 saturated heterocycles. The molecule has 1 aromatic carbocycles. The fraction of sp³-hybridized carbons (Fsp3) is 0.438. The minimum atomic E-state index is -0.474. The molecule has 2 rings (SSSR count). The highest BCUT2D eigenvalue weighted by atomic mass is 32.1. The zero-order valence-electron chi connectivity index (χ0n) is 12.1. The van der Waals surface area contributed by atoms with Gasteiger partial charge in [-0.2, -0.15) is 0 Å². The topological polar surface area (TPSA) is 22.1 Å². The normalized spacial score (nSPS) is 11.1. The molecule has 0 aliphatic rings. The quantitative estimate of drug-likeness (QED) is 0.772. The smallest absolute Gasteiger partial charge is 0.123 e. The second-order valence-corrected chi connectivity index (χ2v) is 6.46. The Labute approximate surface area is 123 Å². The number of aromatic nitrogens is 1. The van der Waals surface area contributed by atoms with E-state index in [9.17, 15) is 4.39 Å². The Morgan fingerprint density at radius 3 is 2.85 bits per heavy atom. The number of thiazole rings is 1. The first-order valence-corrected chi connectivity index (χ1v) is 7.67. The summed E-state index contributed by atoms with van der Waals surface area (Å²) in [6.07, 6.45) is 1.02. The van der Waals surface area contributed by atoms with Gasteiger partial charge in [-0.05, 0) is 31.4 Å². The molecule has 2 aromatic rings. The predicted octanol–water partition coefficient (Wildman–Crippen LogP) is 4.67. The van der Waals surface area contributed by atoms with Gasteiger partial charge in [0.05, 0.1) is 10.7 Å². The largest absolute Gasteiger partial charge is 0.491 e. The van der Waals surface area contributed by atoms with Crippen LogP contribution in [0.25, 0.3) is 11.3 Å². The number of halogens is 1. The van der Waals surface area contributed by atoms with Crippen molar-refractivity contribution in [2.45, 2.75) is 27.2 Å². The van der Waals surface area contributed by atoms with E-state index in [0.29, 0.717) is 11.7 Å². The van der Waals surface area contributed by atoms with Crippen molar-refractivity contribution in [2.24, 2.45) is 5.92 Å². The van der Waals surface area contributed by atoms with Crippen molar-refractivity contribution < 1.29 is 9.13 Å². The van der Waals surface area contributed by atoms with Crippen molar-refractivity contribution in [3.05, 3.63) is 34.2 Å². The van der Waals surface area contributed by atoms with E-state index in [1.54, 1.807) is 11.3 Å². The summed E-state index contributed by atoms with van der Waals surface area (Å²) in [7, 11) is 0. The molecule has 2 nitrogen and oxygen atoms in total. The Morgan fingerprint density at radius 1 is 1.35 bits per heavy atom. The number of ether oxygens (including phenoxy) is 1. The summed E-state index contributed by atoms with van der Waals surface area (Å²) in [4.78, 5) is 5.95. The van der Waals surface area contributed by atoms with Crippen LogP contribution in [0.4, 0.5) is 4.39 Å². The number of rotatable bonds is 6. The number of alkyl halides is 1. The fourth-order valence-corrected chi connectivity index (χ4v) is 3.26. The van der Waals surface area contributed by atoms with Crippen LogP contribution in [-0.4, -0.2) is 18.3 Å². The number of nitrogens with zero attached hydrogens (tertiary/aromatic N) is 1. The van der Waals surface area contributed by atoms with Gasteiger partial charge < -0.3 is 4.74 Å². The maximum absolute atomic E-state index is 12.2. The van der Waals surface area contributed by atoms with Gasteiger partial charge in [-0.3, -0.25) is 0 Å². The van der Waals surface area contributed by atoms with Crippen molar-refractivity contribution in [1.29, 1.82) is 0 Å². The third kappa shape index (κ3) is 3.79. The highest BCUT2D eigenvalue weighted by Crippen LogP contribution is 2.31. The third-order valence-electron chi connectivity index (χ3n) is 2.85. The summed E-state index contributed by atoms with van der Waals surface area (Å²) >= 11 is 1.75. The Kier molecular flexibility index (Phi) is 5.12. The number of aryl methyl sites for hydroxylation is 1. The second-order valence-electron chi connectivity index (χ2n) is 5.17. The first-order chi connectivity index (χ1) is 9.60. The Morgan fingerprint density at radius 2 is 2.15 bits per heavy atom. The third-order valence-corrected chi connectivity index (χ3v) is 3.84. The van der Waals surface area contributed by atoms with Crippen LogP contribution in [0.2, 0.25) is 0 Å². The lowest BCUT2D eigenvalue weighted by Crippen LogP contribution is -1.99. The van der Waals surface area contributed by atoms with Crippen molar-refractivity contribution in [3.63, 3.8) is 0 Å². The molecule has 20 heavy (non-hydrogen) atoms. The van der Waals surface area contributed by atoms with E-state index < -0.39 is 6.67 Å². The second kappa shape index (κ2) is 6.84. The van der Waals surface area contributed by atoms with Crippen LogP contribution in [0.3, 0.4) is 0 Å². The molecule has 108 valence electrons. The minimum absolute atomic E-state index is 0.0956. The Hall–Kier alpha value is -1.42. The summed E-state index contributed by atoms with van der Waals surface area (Å²) < 4.78 is 17.5. The molecule has 0 aliphatic carbocycles. The van der Waals surface area contributed by atoms with E-state index in [2.05, 4.69) is 18.8 Å². The van der Waals surface area contributed by atoms with E-state index >= 15 is 0 Å². The number of hydrogen-bond acceptors (Lipinski definition) is 3. The SMILES string of the molecule is Cc1nc(-c2cccc(OCCF)c2)c(CC(C)C)s1. The van der Waals surface area contributed by atoms with Gasteiger partial charge in [0.2, 0.25) is 0 Å². The van der Waals surface area contributed by atoms with E-state index in [1.807, 2.05) is 31.2 Å². The molecule has 0 bridgehead atoms. The fourth-order valence-electron chi connectivity index (χ4n) is 2.09. The molecule has 4 heteroatoms. The van der Waals surface area contributed by atoms with Gasteiger partial charge in [-0.15, -0.1) is 11.3 Å². The molecule has 1 heterocycles. The van der Waals surface area contributed by atoms with Gasteiger partial charge >= 0.3 is 0 Å². The molecule has 0 saturated carbocycles. The molecule has 0 spiro atoms. The predicted molar refractivity (Wildman–Crippen MR) is 82.3 cm³/mol. The average Bonchev–Trinajstić information content (AvgIpc) is 2.76. The van der Waals surface area contributed by atoms with E-state index in [0.717, 1.165) is 22.7 Å². The average molecular weight is 293 g/mol. The van der Waals surface area contributed by atoms with Crippen LogP contribution in [0, 0.1) is 12.8 Å². The molecule has 1 aromatic heterocycles. The van der Waals surface area contributed by atoms with Crippen LogP contribution in [0.5, 0.6) is 5.75 Å². The summed E-state index contributed by atoms with van der Waals surface area (Å²) in [6.45, 7) is 6.07.